The second kappa shape index (κ2) is 7.97. The summed E-state index contributed by atoms with van der Waals surface area (Å²) in [6, 6.07) is 10.4. The Morgan fingerprint density at radius 2 is 1.95 bits per heavy atom. The van der Waals surface area contributed by atoms with Crippen LogP contribution in [0.2, 0.25) is 0 Å². The molecule has 1 aromatic heterocycles. The van der Waals surface area contributed by atoms with E-state index >= 15 is 0 Å². The smallest absolute Gasteiger partial charge is 0.122 e. The monoisotopic (exact) mass is 367 g/mol. The van der Waals surface area contributed by atoms with Crippen molar-refractivity contribution in [1.29, 1.82) is 0 Å². The molecule has 0 amide bonds. The molecule has 2 aromatic rings. The third kappa shape index (κ3) is 5.46. The van der Waals surface area contributed by atoms with Crippen molar-refractivity contribution in [2.24, 2.45) is 5.92 Å². The van der Waals surface area contributed by atoms with E-state index in [1.54, 1.807) is 0 Å². The fraction of sp³-hybridized carbons (Fsp3) is 0.412. The molecular weight excluding hydrogens is 346 g/mol. The molecule has 0 aliphatic rings. The maximum Gasteiger partial charge on any atom is 0.122 e. The van der Waals surface area contributed by atoms with Gasteiger partial charge in [0.05, 0.1) is 0 Å². The number of thiophene rings is 1. The number of nitrogens with one attached hydrogen (secondary N) is 1. The van der Waals surface area contributed by atoms with E-state index in [2.05, 4.69) is 60.2 Å². The van der Waals surface area contributed by atoms with Crippen molar-refractivity contribution in [2.45, 2.75) is 33.9 Å². The highest BCUT2D eigenvalue weighted by Gasteiger charge is 2.03. The molecule has 0 spiro atoms. The van der Waals surface area contributed by atoms with Crippen LogP contribution in [0.5, 0.6) is 5.75 Å². The number of ether oxygens (including phenoxy) is 1. The number of hydrogen-bond acceptors (Lipinski definition) is 3. The first kappa shape index (κ1) is 16.5. The molecule has 0 bridgehead atoms. The largest absolute Gasteiger partial charge is 0.488 e. The van der Waals surface area contributed by atoms with Crippen molar-refractivity contribution in [3.8, 4) is 5.75 Å². The Labute approximate surface area is 139 Å². The minimum absolute atomic E-state index is 0.635. The first-order valence-electron chi connectivity index (χ1n) is 7.22. The normalized spacial score (nSPS) is 11.1. The lowest BCUT2D eigenvalue weighted by Crippen LogP contribution is -2.18. The minimum Gasteiger partial charge on any atom is -0.488 e. The van der Waals surface area contributed by atoms with Gasteiger partial charge in [0, 0.05) is 20.8 Å². The molecule has 4 heteroatoms. The van der Waals surface area contributed by atoms with Crippen LogP contribution in [0.3, 0.4) is 0 Å². The third-order valence-electron chi connectivity index (χ3n) is 3.08. The molecular formula is C17H22BrNOS. The van der Waals surface area contributed by atoms with Crippen LogP contribution in [-0.2, 0) is 13.2 Å². The van der Waals surface area contributed by atoms with Gasteiger partial charge in [0.15, 0.2) is 0 Å². The van der Waals surface area contributed by atoms with Crippen LogP contribution in [-0.4, -0.2) is 6.54 Å². The molecule has 0 atom stereocenters. The Bertz CT molecular complexity index is 580. The quantitative estimate of drug-likeness (QED) is 0.730. The molecule has 0 radical (unpaired) electrons. The standard InChI is InChI=1S/C17H22BrNOS/c1-12(2)9-19-10-15-5-6-16(21-15)11-20-14-4-7-17(18)13(3)8-14/h4-8,12,19H,9-11H2,1-3H3. The van der Waals surface area contributed by atoms with Crippen LogP contribution in [0.15, 0.2) is 34.8 Å². The summed E-state index contributed by atoms with van der Waals surface area (Å²) in [7, 11) is 0. The van der Waals surface area contributed by atoms with Gasteiger partial charge in [0.2, 0.25) is 0 Å². The van der Waals surface area contributed by atoms with E-state index in [-0.39, 0.29) is 0 Å². The van der Waals surface area contributed by atoms with E-state index in [0.717, 1.165) is 23.3 Å². The molecule has 114 valence electrons. The van der Waals surface area contributed by atoms with Gasteiger partial charge in [0.25, 0.3) is 0 Å². The van der Waals surface area contributed by atoms with E-state index in [1.807, 2.05) is 23.5 Å². The number of hydrogen-bond donors (Lipinski definition) is 1. The summed E-state index contributed by atoms with van der Waals surface area (Å²) in [5.41, 5.74) is 1.19. The Morgan fingerprint density at radius 1 is 1.19 bits per heavy atom. The fourth-order valence-electron chi connectivity index (χ4n) is 1.94. The van der Waals surface area contributed by atoms with Crippen LogP contribution in [0.25, 0.3) is 0 Å². The zero-order valence-corrected chi connectivity index (χ0v) is 15.2. The molecule has 1 heterocycles. The SMILES string of the molecule is Cc1cc(OCc2ccc(CNCC(C)C)s2)ccc1Br. The minimum atomic E-state index is 0.635. The second-order valence-electron chi connectivity index (χ2n) is 5.59. The van der Waals surface area contributed by atoms with E-state index in [0.29, 0.717) is 12.5 Å². The Kier molecular flexibility index (Phi) is 6.27. The predicted molar refractivity (Wildman–Crippen MR) is 94.1 cm³/mol. The Hall–Kier alpha value is -0.840. The van der Waals surface area contributed by atoms with Crippen molar-refractivity contribution >= 4 is 27.3 Å². The molecule has 0 aliphatic carbocycles. The summed E-state index contributed by atoms with van der Waals surface area (Å²) < 4.78 is 6.97. The first-order chi connectivity index (χ1) is 10.0. The zero-order valence-electron chi connectivity index (χ0n) is 12.8. The van der Waals surface area contributed by atoms with Gasteiger partial charge in [-0.05, 0) is 55.3 Å². The van der Waals surface area contributed by atoms with E-state index < -0.39 is 0 Å². The molecule has 1 aromatic carbocycles. The highest BCUT2D eigenvalue weighted by Crippen LogP contribution is 2.23. The zero-order chi connectivity index (χ0) is 15.2. The summed E-state index contributed by atoms with van der Waals surface area (Å²) in [5, 5.41) is 3.47. The predicted octanol–water partition coefficient (Wildman–Crippen LogP) is 5.14. The Morgan fingerprint density at radius 3 is 2.67 bits per heavy atom. The average molecular weight is 368 g/mol. The molecule has 0 aliphatic heterocycles. The highest BCUT2D eigenvalue weighted by molar-refractivity contribution is 9.10. The third-order valence-corrected chi connectivity index (χ3v) is 5.03. The van der Waals surface area contributed by atoms with Crippen molar-refractivity contribution in [3.05, 3.63) is 50.1 Å². The summed E-state index contributed by atoms with van der Waals surface area (Å²) in [6.45, 7) is 9.15. The van der Waals surface area contributed by atoms with Crippen molar-refractivity contribution in [3.63, 3.8) is 0 Å². The van der Waals surface area contributed by atoms with Gasteiger partial charge >= 0.3 is 0 Å². The number of halogens is 1. The van der Waals surface area contributed by atoms with Gasteiger partial charge in [-0.2, -0.15) is 0 Å². The maximum atomic E-state index is 5.85. The van der Waals surface area contributed by atoms with Crippen LogP contribution < -0.4 is 10.1 Å². The van der Waals surface area contributed by atoms with Crippen LogP contribution in [0.1, 0.15) is 29.2 Å². The fourth-order valence-corrected chi connectivity index (χ4v) is 3.09. The molecule has 2 rings (SSSR count). The maximum absolute atomic E-state index is 5.85. The molecule has 0 saturated heterocycles. The lowest BCUT2D eigenvalue weighted by atomic mass is 10.2. The molecule has 0 fully saturated rings. The second-order valence-corrected chi connectivity index (χ2v) is 7.70. The summed E-state index contributed by atoms with van der Waals surface area (Å²) in [6.07, 6.45) is 0. The highest BCUT2D eigenvalue weighted by atomic mass is 79.9. The first-order valence-corrected chi connectivity index (χ1v) is 8.83. The van der Waals surface area contributed by atoms with Gasteiger partial charge in [0.1, 0.15) is 12.4 Å². The topological polar surface area (TPSA) is 21.3 Å². The number of aryl methyl sites for hydroxylation is 1. The van der Waals surface area contributed by atoms with E-state index in [1.165, 1.54) is 15.3 Å². The van der Waals surface area contributed by atoms with E-state index in [9.17, 15) is 0 Å². The van der Waals surface area contributed by atoms with Gasteiger partial charge in [-0.1, -0.05) is 29.8 Å². The molecule has 1 N–H and O–H groups in total. The van der Waals surface area contributed by atoms with E-state index in [4.69, 9.17) is 4.74 Å². The number of rotatable bonds is 7. The van der Waals surface area contributed by atoms with Crippen molar-refractivity contribution in [2.75, 3.05) is 6.54 Å². The van der Waals surface area contributed by atoms with Gasteiger partial charge in [-0.15, -0.1) is 11.3 Å². The molecule has 0 unspecified atom stereocenters. The summed E-state index contributed by atoms with van der Waals surface area (Å²) in [5.74, 6) is 1.61. The van der Waals surface area contributed by atoms with Gasteiger partial charge in [-0.25, -0.2) is 0 Å². The Balaban J connectivity index is 1.83. The van der Waals surface area contributed by atoms with Gasteiger partial charge < -0.3 is 10.1 Å². The van der Waals surface area contributed by atoms with Crippen LogP contribution >= 0.6 is 27.3 Å². The summed E-state index contributed by atoms with van der Waals surface area (Å²) >= 11 is 5.32. The van der Waals surface area contributed by atoms with Crippen molar-refractivity contribution < 1.29 is 4.74 Å². The number of benzene rings is 1. The van der Waals surface area contributed by atoms with Crippen LogP contribution in [0, 0.1) is 12.8 Å². The molecule has 21 heavy (non-hydrogen) atoms. The summed E-state index contributed by atoms with van der Waals surface area (Å²) in [4.78, 5) is 2.62. The average Bonchev–Trinajstić information content (AvgIpc) is 2.88. The van der Waals surface area contributed by atoms with Crippen molar-refractivity contribution in [1.82, 2.24) is 5.32 Å². The molecule has 2 nitrogen and oxygen atoms in total. The molecule has 0 saturated carbocycles. The van der Waals surface area contributed by atoms with Crippen LogP contribution in [0.4, 0.5) is 0 Å². The lowest BCUT2D eigenvalue weighted by molar-refractivity contribution is 0.309. The lowest BCUT2D eigenvalue weighted by Gasteiger charge is -2.07. The van der Waals surface area contributed by atoms with Gasteiger partial charge in [-0.3, -0.25) is 0 Å².